The Morgan fingerprint density at radius 1 is 1.10 bits per heavy atom. The quantitative estimate of drug-likeness (QED) is 0.511. The first-order chi connectivity index (χ1) is 14.8. The molecule has 0 aromatic carbocycles. The molecule has 0 unspecified atom stereocenters. The van der Waals surface area contributed by atoms with Gasteiger partial charge >= 0.3 is 0 Å². The van der Waals surface area contributed by atoms with Gasteiger partial charge in [0, 0.05) is 19.3 Å². The van der Waals surface area contributed by atoms with E-state index in [9.17, 15) is 22.8 Å². The molecular formula is C20H26N4O5S2. The lowest BCUT2D eigenvalue weighted by Gasteiger charge is -2.47. The van der Waals surface area contributed by atoms with Gasteiger partial charge in [-0.1, -0.05) is 31.0 Å². The molecule has 0 bridgehead atoms. The minimum absolute atomic E-state index is 0.0214. The average molecular weight is 467 g/mol. The van der Waals surface area contributed by atoms with Crippen LogP contribution in [0.5, 0.6) is 0 Å². The molecule has 3 amide bonds. The Balaban J connectivity index is 1.43. The van der Waals surface area contributed by atoms with Crippen molar-refractivity contribution in [2.75, 3.05) is 25.4 Å². The van der Waals surface area contributed by atoms with Crippen LogP contribution in [-0.2, 0) is 24.4 Å². The normalized spacial score (nSPS) is 22.0. The summed E-state index contributed by atoms with van der Waals surface area (Å²) in [6, 6.07) is 3.10. The molecule has 1 spiro atoms. The highest BCUT2D eigenvalue weighted by Gasteiger charge is 2.50. The van der Waals surface area contributed by atoms with Crippen molar-refractivity contribution in [3.05, 3.63) is 18.3 Å². The fraction of sp³-hybridized carbons (Fsp3) is 0.600. The molecule has 3 fully saturated rings. The van der Waals surface area contributed by atoms with Gasteiger partial charge in [0.1, 0.15) is 17.0 Å². The van der Waals surface area contributed by atoms with Crippen LogP contribution in [0.4, 0.5) is 0 Å². The molecule has 1 aromatic heterocycles. The van der Waals surface area contributed by atoms with E-state index in [0.29, 0.717) is 31.0 Å². The summed E-state index contributed by atoms with van der Waals surface area (Å²) in [6.45, 7) is 0.931. The molecule has 4 rings (SSSR count). The van der Waals surface area contributed by atoms with Crippen molar-refractivity contribution in [3.63, 3.8) is 0 Å². The number of nitrogens with one attached hydrogen (secondary N) is 1. The molecule has 2 aliphatic heterocycles. The summed E-state index contributed by atoms with van der Waals surface area (Å²) >= 11 is 1.17. The zero-order valence-electron chi connectivity index (χ0n) is 17.2. The first-order valence-corrected chi connectivity index (χ1v) is 13.0. The number of piperazine rings is 1. The third-order valence-corrected chi connectivity index (χ3v) is 9.04. The van der Waals surface area contributed by atoms with E-state index in [1.807, 2.05) is 0 Å². The lowest BCUT2D eigenvalue weighted by atomic mass is 9.78. The first kappa shape index (κ1) is 22.2. The fourth-order valence-corrected chi connectivity index (χ4v) is 6.74. The molecule has 3 aliphatic rings. The summed E-state index contributed by atoms with van der Waals surface area (Å²) in [6.07, 6.45) is 6.85. The molecule has 3 heterocycles. The molecule has 0 radical (unpaired) electrons. The van der Waals surface area contributed by atoms with Gasteiger partial charge in [0.25, 0.3) is 5.91 Å². The second-order valence-electron chi connectivity index (χ2n) is 8.18. The number of carbonyl (C=O) groups is 3. The summed E-state index contributed by atoms with van der Waals surface area (Å²) in [5.74, 6) is -1.11. The van der Waals surface area contributed by atoms with Gasteiger partial charge in [0.15, 0.2) is 0 Å². The predicted octanol–water partition coefficient (Wildman–Crippen LogP) is 1.15. The Kier molecular flexibility index (Phi) is 6.36. The van der Waals surface area contributed by atoms with Crippen LogP contribution in [0.1, 0.15) is 44.9 Å². The third kappa shape index (κ3) is 4.35. The Morgan fingerprint density at radius 2 is 1.81 bits per heavy atom. The number of sulfonamides is 1. The van der Waals surface area contributed by atoms with Gasteiger partial charge in [-0.3, -0.25) is 19.7 Å². The van der Waals surface area contributed by atoms with Gasteiger partial charge in [-0.15, -0.1) is 0 Å². The van der Waals surface area contributed by atoms with Crippen LogP contribution < -0.4 is 5.32 Å². The lowest BCUT2D eigenvalue weighted by Crippen LogP contribution is -2.69. The number of hydrogen-bond acceptors (Lipinski definition) is 7. The zero-order chi connectivity index (χ0) is 22.1. The maximum absolute atomic E-state index is 13.0. The van der Waals surface area contributed by atoms with Crippen molar-refractivity contribution in [3.8, 4) is 0 Å². The third-order valence-electron chi connectivity index (χ3n) is 6.23. The number of rotatable bonds is 5. The molecule has 1 aromatic rings. The molecule has 31 heavy (non-hydrogen) atoms. The number of carbonyl (C=O) groups excluding carboxylic acids is 3. The highest BCUT2D eigenvalue weighted by Crippen LogP contribution is 2.36. The molecule has 0 atom stereocenters. The second kappa shape index (κ2) is 8.87. The zero-order valence-corrected chi connectivity index (χ0v) is 18.8. The van der Waals surface area contributed by atoms with Gasteiger partial charge in [0.2, 0.25) is 21.8 Å². The van der Waals surface area contributed by atoms with Crippen molar-refractivity contribution in [1.82, 2.24) is 19.5 Å². The van der Waals surface area contributed by atoms with E-state index in [4.69, 9.17) is 0 Å². The number of pyridine rings is 1. The number of thioether (sulfide) groups is 1. The first-order valence-electron chi connectivity index (χ1n) is 10.6. The van der Waals surface area contributed by atoms with Crippen molar-refractivity contribution >= 4 is 39.5 Å². The smallest absolute Gasteiger partial charge is 0.252 e. The number of imide groups is 1. The Bertz CT molecular complexity index is 968. The lowest BCUT2D eigenvalue weighted by molar-refractivity contribution is -0.158. The van der Waals surface area contributed by atoms with Crippen LogP contribution in [0.25, 0.3) is 0 Å². The van der Waals surface area contributed by atoms with Crippen molar-refractivity contribution < 1.29 is 22.8 Å². The van der Waals surface area contributed by atoms with Crippen LogP contribution in [0, 0.1) is 0 Å². The second-order valence-corrected chi connectivity index (χ2v) is 11.1. The molecule has 1 saturated carbocycles. The largest absolute Gasteiger partial charge is 0.318 e. The summed E-state index contributed by atoms with van der Waals surface area (Å²) in [7, 11) is -3.53. The monoisotopic (exact) mass is 466 g/mol. The van der Waals surface area contributed by atoms with Crippen LogP contribution in [0.2, 0.25) is 0 Å². The minimum atomic E-state index is -3.53. The van der Waals surface area contributed by atoms with Crippen LogP contribution >= 0.6 is 11.8 Å². The van der Waals surface area contributed by atoms with Gasteiger partial charge in [-0.05, 0) is 37.8 Å². The molecule has 1 N–H and O–H groups in total. The van der Waals surface area contributed by atoms with Crippen molar-refractivity contribution in [2.24, 2.45) is 0 Å². The van der Waals surface area contributed by atoms with Gasteiger partial charge in [0.05, 0.1) is 10.8 Å². The number of amides is 3. The number of aromatic nitrogens is 1. The summed E-state index contributed by atoms with van der Waals surface area (Å²) in [5, 5.41) is 2.90. The number of hydrogen-bond donors (Lipinski definition) is 1. The maximum Gasteiger partial charge on any atom is 0.252 e. The fourth-order valence-electron chi connectivity index (χ4n) is 4.56. The van der Waals surface area contributed by atoms with E-state index in [0.717, 1.165) is 32.1 Å². The van der Waals surface area contributed by atoms with E-state index in [-0.39, 0.29) is 29.0 Å². The molecule has 1 aliphatic carbocycles. The van der Waals surface area contributed by atoms with E-state index in [1.165, 1.54) is 33.2 Å². The van der Waals surface area contributed by atoms with Crippen molar-refractivity contribution in [1.29, 1.82) is 0 Å². The van der Waals surface area contributed by atoms with Gasteiger partial charge in [-0.25, -0.2) is 13.4 Å². The average Bonchev–Trinajstić information content (AvgIpc) is 3.32. The predicted molar refractivity (Wildman–Crippen MR) is 114 cm³/mol. The van der Waals surface area contributed by atoms with E-state index < -0.39 is 21.5 Å². The molecule has 168 valence electrons. The SMILES string of the molecule is O=C1CN(C(=O)CSc2ccc(S(=O)(=O)N3CCCC3)cn2)C2(CCCCC2)C(=O)N1. The Labute approximate surface area is 186 Å². The maximum atomic E-state index is 13.0. The summed E-state index contributed by atoms with van der Waals surface area (Å²) < 4.78 is 26.7. The van der Waals surface area contributed by atoms with E-state index in [2.05, 4.69) is 10.3 Å². The molecule has 2 saturated heterocycles. The molecule has 9 nitrogen and oxygen atoms in total. The topological polar surface area (TPSA) is 117 Å². The summed E-state index contributed by atoms with van der Waals surface area (Å²) in [4.78, 5) is 43.3. The highest BCUT2D eigenvalue weighted by molar-refractivity contribution is 7.99. The van der Waals surface area contributed by atoms with Crippen LogP contribution in [0.3, 0.4) is 0 Å². The van der Waals surface area contributed by atoms with E-state index in [1.54, 1.807) is 6.07 Å². The standard InChI is InChI=1S/C20H26N4O5S2/c25-16-13-24(20(19(27)22-16)8-2-1-3-9-20)18(26)14-30-17-7-6-15(12-21-17)31(28,29)23-10-4-5-11-23/h6-7,12H,1-5,8-11,13-14H2,(H,22,25,27). The minimum Gasteiger partial charge on any atom is -0.318 e. The van der Waals surface area contributed by atoms with Crippen LogP contribution in [0.15, 0.2) is 28.3 Å². The molecular weight excluding hydrogens is 440 g/mol. The van der Waals surface area contributed by atoms with Gasteiger partial charge in [-0.2, -0.15) is 4.31 Å². The van der Waals surface area contributed by atoms with Crippen molar-refractivity contribution in [2.45, 2.75) is 60.4 Å². The number of nitrogens with zero attached hydrogens (tertiary/aromatic N) is 3. The summed E-state index contributed by atoms with van der Waals surface area (Å²) in [5.41, 5.74) is -0.940. The Morgan fingerprint density at radius 3 is 2.45 bits per heavy atom. The van der Waals surface area contributed by atoms with Gasteiger partial charge < -0.3 is 4.90 Å². The van der Waals surface area contributed by atoms with E-state index >= 15 is 0 Å². The Hall–Kier alpha value is -1.98. The molecule has 11 heteroatoms. The van der Waals surface area contributed by atoms with Crippen LogP contribution in [-0.4, -0.2) is 71.3 Å². The highest BCUT2D eigenvalue weighted by atomic mass is 32.2.